The molecule has 0 saturated heterocycles. The number of hydrogen-bond acceptors (Lipinski definition) is 6. The molecule has 4 aromatic rings. The minimum Gasteiger partial charge on any atom is -0.493 e. The highest BCUT2D eigenvalue weighted by atomic mass is 32.1. The van der Waals surface area contributed by atoms with Crippen molar-refractivity contribution in [2.45, 2.75) is 19.9 Å². The summed E-state index contributed by atoms with van der Waals surface area (Å²) < 4.78 is 13.1. The molecule has 1 amide bonds. The number of nitriles is 1. The van der Waals surface area contributed by atoms with Gasteiger partial charge < -0.3 is 14.8 Å². The van der Waals surface area contributed by atoms with Gasteiger partial charge in [0.15, 0.2) is 17.1 Å². The van der Waals surface area contributed by atoms with E-state index in [1.807, 2.05) is 62.4 Å². The summed E-state index contributed by atoms with van der Waals surface area (Å²) in [5, 5.41) is 12.9. The number of carbonyl (C=O) groups is 1. The zero-order valence-electron chi connectivity index (χ0n) is 21.3. The van der Waals surface area contributed by atoms with Crippen LogP contribution in [0.5, 0.6) is 11.5 Å². The van der Waals surface area contributed by atoms with Crippen LogP contribution in [0.4, 0.5) is 0 Å². The first-order valence-corrected chi connectivity index (χ1v) is 12.9. The summed E-state index contributed by atoms with van der Waals surface area (Å²) in [6.07, 6.45) is 1.72. The molecular weight excluding hydrogens is 498 g/mol. The Bertz CT molecular complexity index is 1650. The minimum atomic E-state index is -0.552. The summed E-state index contributed by atoms with van der Waals surface area (Å²) in [6.45, 7) is 4.23. The first kappa shape index (κ1) is 26.5. The summed E-state index contributed by atoms with van der Waals surface area (Å²) in [5.74, 6) is 0.591. The van der Waals surface area contributed by atoms with Crippen LogP contribution in [-0.4, -0.2) is 24.2 Å². The van der Waals surface area contributed by atoms with Gasteiger partial charge in [0.2, 0.25) is 0 Å². The van der Waals surface area contributed by atoms with Crippen LogP contribution >= 0.6 is 11.3 Å². The van der Waals surface area contributed by atoms with Crippen LogP contribution in [0, 0.1) is 11.3 Å². The Morgan fingerprint density at radius 3 is 2.39 bits per heavy atom. The van der Waals surface area contributed by atoms with Crippen LogP contribution in [-0.2, 0) is 4.79 Å². The molecule has 4 rings (SSSR count). The topological polar surface area (TPSA) is 93.4 Å². The van der Waals surface area contributed by atoms with Gasteiger partial charge in [-0.1, -0.05) is 54.6 Å². The van der Waals surface area contributed by atoms with E-state index in [1.165, 1.54) is 4.57 Å². The van der Waals surface area contributed by atoms with Gasteiger partial charge in [-0.2, -0.15) is 5.26 Å². The van der Waals surface area contributed by atoms with Gasteiger partial charge in [0.05, 0.1) is 30.0 Å². The van der Waals surface area contributed by atoms with Crippen molar-refractivity contribution < 1.29 is 14.3 Å². The number of ether oxygens (including phenoxy) is 2. The molecule has 1 atom stereocenters. The molecule has 0 aliphatic rings. The number of carbonyl (C=O) groups excluding carboxylic acids is 1. The van der Waals surface area contributed by atoms with Crippen LogP contribution in [0.25, 0.3) is 17.3 Å². The number of amides is 1. The van der Waals surface area contributed by atoms with E-state index < -0.39 is 5.91 Å². The smallest absolute Gasteiger partial charge is 0.273 e. The third-order valence-corrected chi connectivity index (χ3v) is 6.92. The Labute approximate surface area is 224 Å². The zero-order chi connectivity index (χ0) is 27.1. The quantitative estimate of drug-likeness (QED) is 0.379. The summed E-state index contributed by atoms with van der Waals surface area (Å²) in [6, 6.07) is 25.5. The van der Waals surface area contributed by atoms with Gasteiger partial charge in [-0.3, -0.25) is 14.2 Å². The summed E-state index contributed by atoms with van der Waals surface area (Å²) in [5.41, 5.74) is 1.71. The Kier molecular flexibility index (Phi) is 8.41. The van der Waals surface area contributed by atoms with Gasteiger partial charge in [-0.05, 0) is 55.3 Å². The average Bonchev–Trinajstić information content (AvgIpc) is 3.25. The fourth-order valence-electron chi connectivity index (χ4n) is 3.95. The van der Waals surface area contributed by atoms with E-state index in [0.29, 0.717) is 28.3 Å². The molecule has 192 valence electrons. The zero-order valence-corrected chi connectivity index (χ0v) is 22.1. The largest absolute Gasteiger partial charge is 0.493 e. The molecule has 0 bridgehead atoms. The number of nitrogens with zero attached hydrogens (tertiary/aromatic N) is 2. The molecule has 0 saturated carbocycles. The molecule has 0 unspecified atom stereocenters. The van der Waals surface area contributed by atoms with E-state index in [0.717, 1.165) is 22.5 Å². The normalized spacial score (nSPS) is 12.8. The molecule has 1 aromatic heterocycles. The molecule has 38 heavy (non-hydrogen) atoms. The monoisotopic (exact) mass is 525 g/mol. The van der Waals surface area contributed by atoms with Crippen molar-refractivity contribution in [2.75, 3.05) is 13.7 Å². The van der Waals surface area contributed by atoms with Gasteiger partial charge in [-0.15, -0.1) is 11.3 Å². The lowest BCUT2D eigenvalue weighted by Crippen LogP contribution is -2.34. The van der Waals surface area contributed by atoms with E-state index in [9.17, 15) is 14.9 Å². The molecule has 0 spiro atoms. The Hall–Kier alpha value is -4.61. The number of benzene rings is 3. The number of thiazole rings is 1. The lowest BCUT2D eigenvalue weighted by Gasteiger charge is -2.13. The van der Waals surface area contributed by atoms with Gasteiger partial charge in [0.1, 0.15) is 10.7 Å². The maximum atomic E-state index is 13.6. The van der Waals surface area contributed by atoms with E-state index in [-0.39, 0.29) is 21.8 Å². The maximum Gasteiger partial charge on any atom is 0.273 e. The van der Waals surface area contributed by atoms with Crippen molar-refractivity contribution in [1.82, 2.24) is 9.88 Å². The molecule has 0 fully saturated rings. The lowest BCUT2D eigenvalue weighted by molar-refractivity contribution is -0.116. The average molecular weight is 526 g/mol. The number of methoxy groups -OCH3 is 1. The molecule has 0 aliphatic heterocycles. The van der Waals surface area contributed by atoms with Crippen molar-refractivity contribution in [2.24, 2.45) is 0 Å². The van der Waals surface area contributed by atoms with Crippen molar-refractivity contribution >= 4 is 28.9 Å². The summed E-state index contributed by atoms with van der Waals surface area (Å²) in [4.78, 5) is 26.9. The van der Waals surface area contributed by atoms with E-state index in [2.05, 4.69) is 5.32 Å². The Morgan fingerprint density at radius 1 is 1.08 bits per heavy atom. The van der Waals surface area contributed by atoms with Crippen molar-refractivity contribution in [3.8, 4) is 23.3 Å². The highest BCUT2D eigenvalue weighted by Gasteiger charge is 2.19. The minimum absolute atomic E-state index is 0.136. The Morgan fingerprint density at radius 2 is 1.76 bits per heavy atom. The van der Waals surface area contributed by atoms with Crippen molar-refractivity contribution in [3.05, 3.63) is 110 Å². The SMILES string of the molecule is CCOc1ccc(/C=c2/s/c(=C(/C#N)C(=O)N[C@@H](C)c3ccccc3)n(-c3ccccc3)c2=O)cc1OC. The van der Waals surface area contributed by atoms with Gasteiger partial charge in [0.25, 0.3) is 11.5 Å². The van der Waals surface area contributed by atoms with Gasteiger partial charge >= 0.3 is 0 Å². The molecule has 0 radical (unpaired) electrons. The third-order valence-electron chi connectivity index (χ3n) is 5.82. The van der Waals surface area contributed by atoms with Crippen LogP contribution in [0.15, 0.2) is 83.7 Å². The number of aromatic nitrogens is 1. The molecule has 1 N–H and O–H groups in total. The third kappa shape index (κ3) is 5.69. The second-order valence-electron chi connectivity index (χ2n) is 8.33. The molecule has 7 nitrogen and oxygen atoms in total. The van der Waals surface area contributed by atoms with Crippen molar-refractivity contribution in [1.29, 1.82) is 5.26 Å². The van der Waals surface area contributed by atoms with Crippen molar-refractivity contribution in [3.63, 3.8) is 0 Å². The molecule has 0 aliphatic carbocycles. The summed E-state index contributed by atoms with van der Waals surface area (Å²) in [7, 11) is 1.55. The van der Waals surface area contributed by atoms with Crippen LogP contribution < -0.4 is 29.5 Å². The predicted molar refractivity (Wildman–Crippen MR) is 149 cm³/mol. The maximum absolute atomic E-state index is 13.6. The van der Waals surface area contributed by atoms with Crippen LogP contribution in [0.1, 0.15) is 31.0 Å². The first-order chi connectivity index (χ1) is 18.5. The molecule has 1 heterocycles. The predicted octanol–water partition coefficient (Wildman–Crippen LogP) is 3.69. The molecule has 8 heteroatoms. The number of hydrogen-bond donors (Lipinski definition) is 1. The molecule has 3 aromatic carbocycles. The van der Waals surface area contributed by atoms with Gasteiger partial charge in [-0.25, -0.2) is 0 Å². The lowest BCUT2D eigenvalue weighted by atomic mass is 10.1. The molecular formula is C30H27N3O4S. The van der Waals surface area contributed by atoms with E-state index >= 15 is 0 Å². The van der Waals surface area contributed by atoms with Gasteiger partial charge in [0, 0.05) is 0 Å². The second-order valence-corrected chi connectivity index (χ2v) is 9.36. The highest BCUT2D eigenvalue weighted by molar-refractivity contribution is 7.07. The summed E-state index contributed by atoms with van der Waals surface area (Å²) >= 11 is 1.09. The van der Waals surface area contributed by atoms with E-state index in [4.69, 9.17) is 9.47 Å². The number of nitrogens with one attached hydrogen (secondary N) is 1. The van der Waals surface area contributed by atoms with Crippen LogP contribution in [0.3, 0.4) is 0 Å². The fraction of sp³-hybridized carbons (Fsp3) is 0.167. The Balaban J connectivity index is 1.88. The van der Waals surface area contributed by atoms with E-state index in [1.54, 1.807) is 49.6 Å². The highest BCUT2D eigenvalue weighted by Crippen LogP contribution is 2.28. The number of rotatable bonds is 8. The number of para-hydroxylation sites is 1. The fourth-order valence-corrected chi connectivity index (χ4v) is 5.05. The first-order valence-electron chi connectivity index (χ1n) is 12.1. The van der Waals surface area contributed by atoms with Crippen LogP contribution in [0.2, 0.25) is 0 Å². The standard InChI is InChI=1S/C30H27N3O4S/c1-4-37-25-16-15-21(17-26(25)36-3)18-27-29(35)33(23-13-9-6-10-14-23)30(38-27)24(19-31)28(34)32-20(2)22-11-7-5-8-12-22/h5-18,20H,4H2,1-3H3,(H,32,34)/b27-18+,30-24-/t20-/m0/s1. The second kappa shape index (κ2) is 12.1.